The Hall–Kier alpha value is -2.66. The van der Waals surface area contributed by atoms with E-state index in [9.17, 15) is 9.59 Å². The number of aryl methyl sites for hydroxylation is 1. The van der Waals surface area contributed by atoms with E-state index in [1.165, 1.54) is 29.8 Å². The second-order valence-corrected chi connectivity index (χ2v) is 7.94. The Labute approximate surface area is 170 Å². The Kier molecular flexibility index (Phi) is 7.20. The van der Waals surface area contributed by atoms with Crippen molar-refractivity contribution >= 4 is 29.2 Å². The summed E-state index contributed by atoms with van der Waals surface area (Å²) in [6.45, 7) is 2.46. The van der Waals surface area contributed by atoms with Crippen LogP contribution in [-0.4, -0.2) is 18.4 Å². The van der Waals surface area contributed by atoms with Crippen LogP contribution in [0.2, 0.25) is 0 Å². The topological polar surface area (TPSA) is 58.2 Å². The average molecular weight is 395 g/mol. The number of benzene rings is 1. The Morgan fingerprint density at radius 2 is 2.00 bits per heavy atom. The van der Waals surface area contributed by atoms with Crippen molar-refractivity contribution in [1.29, 1.82) is 0 Å². The van der Waals surface area contributed by atoms with E-state index in [4.69, 9.17) is 0 Å². The number of thiophene rings is 1. The minimum absolute atomic E-state index is 0.258. The highest BCUT2D eigenvalue weighted by molar-refractivity contribution is 7.10. The highest BCUT2D eigenvalue weighted by Gasteiger charge is 2.16. The maximum Gasteiger partial charge on any atom is 0.267 e. The van der Waals surface area contributed by atoms with Crippen molar-refractivity contribution in [3.8, 4) is 0 Å². The van der Waals surface area contributed by atoms with Crippen LogP contribution in [0, 0.1) is 6.92 Å². The second kappa shape index (κ2) is 10.0. The van der Waals surface area contributed by atoms with Crippen molar-refractivity contribution in [2.24, 2.45) is 0 Å². The molecule has 0 bridgehead atoms. The van der Waals surface area contributed by atoms with Crippen LogP contribution in [0.5, 0.6) is 0 Å². The van der Waals surface area contributed by atoms with Gasteiger partial charge in [-0.05, 0) is 68.2 Å². The molecule has 1 aliphatic carbocycles. The lowest BCUT2D eigenvalue weighted by Crippen LogP contribution is -2.35. The van der Waals surface area contributed by atoms with E-state index >= 15 is 0 Å². The van der Waals surface area contributed by atoms with Crippen LogP contribution in [0.15, 0.2) is 59.1 Å². The van der Waals surface area contributed by atoms with Crippen molar-refractivity contribution in [3.63, 3.8) is 0 Å². The number of rotatable bonds is 7. The van der Waals surface area contributed by atoms with Crippen LogP contribution < -0.4 is 10.6 Å². The summed E-state index contributed by atoms with van der Waals surface area (Å²) in [4.78, 5) is 26.4. The quantitative estimate of drug-likeness (QED) is 0.522. The third kappa shape index (κ3) is 5.67. The molecule has 1 aliphatic rings. The molecule has 0 spiro atoms. The zero-order valence-corrected chi connectivity index (χ0v) is 17.0. The molecule has 0 unspecified atom stereocenters. The average Bonchev–Trinajstić information content (AvgIpc) is 3.21. The Morgan fingerprint density at radius 1 is 1.14 bits per heavy atom. The number of hydrogen-bond donors (Lipinski definition) is 2. The summed E-state index contributed by atoms with van der Waals surface area (Å²) in [5.41, 5.74) is 3.13. The van der Waals surface area contributed by atoms with Crippen molar-refractivity contribution < 1.29 is 9.59 Å². The fourth-order valence-electron chi connectivity index (χ4n) is 3.25. The summed E-state index contributed by atoms with van der Waals surface area (Å²) in [6.07, 6.45) is 9.64. The van der Waals surface area contributed by atoms with E-state index in [1.807, 2.05) is 42.6 Å². The maximum absolute atomic E-state index is 12.8. The minimum atomic E-state index is -0.272. The van der Waals surface area contributed by atoms with Gasteiger partial charge in [0.25, 0.3) is 11.8 Å². The molecule has 4 nitrogen and oxygen atoms in total. The summed E-state index contributed by atoms with van der Waals surface area (Å²) >= 11 is 1.52. The lowest BCUT2D eigenvalue weighted by Gasteiger charge is -2.14. The molecule has 1 aromatic heterocycles. The molecule has 2 N–H and O–H groups in total. The first-order valence-corrected chi connectivity index (χ1v) is 10.6. The molecule has 0 saturated carbocycles. The minimum Gasteiger partial charge on any atom is -0.350 e. The van der Waals surface area contributed by atoms with Gasteiger partial charge in [0, 0.05) is 17.0 Å². The number of amides is 2. The number of carbonyl (C=O) groups is 2. The zero-order valence-electron chi connectivity index (χ0n) is 16.2. The molecule has 2 amide bonds. The third-order valence-corrected chi connectivity index (χ3v) is 5.65. The molecule has 28 heavy (non-hydrogen) atoms. The fourth-order valence-corrected chi connectivity index (χ4v) is 3.91. The molecule has 2 aromatic rings. The Bertz CT molecular complexity index is 882. The smallest absolute Gasteiger partial charge is 0.267 e. The SMILES string of the molecule is Cc1ccccc1C(=O)N/C(=C\c1cccs1)C(=O)NCCC1=CCCCC1. The van der Waals surface area contributed by atoms with E-state index in [0.29, 0.717) is 12.1 Å². The van der Waals surface area contributed by atoms with Gasteiger partial charge in [0.15, 0.2) is 0 Å². The number of nitrogens with one attached hydrogen (secondary N) is 2. The van der Waals surface area contributed by atoms with E-state index < -0.39 is 0 Å². The zero-order chi connectivity index (χ0) is 19.8. The van der Waals surface area contributed by atoms with Gasteiger partial charge < -0.3 is 10.6 Å². The summed E-state index contributed by atoms with van der Waals surface area (Å²) in [6, 6.07) is 11.2. The molecule has 146 valence electrons. The highest BCUT2D eigenvalue weighted by Crippen LogP contribution is 2.19. The summed E-state index contributed by atoms with van der Waals surface area (Å²) in [7, 11) is 0. The van der Waals surface area contributed by atoms with Gasteiger partial charge in [-0.25, -0.2) is 0 Å². The second-order valence-electron chi connectivity index (χ2n) is 6.96. The monoisotopic (exact) mass is 394 g/mol. The van der Waals surface area contributed by atoms with Crippen LogP contribution >= 0.6 is 11.3 Å². The van der Waals surface area contributed by atoms with E-state index in [-0.39, 0.29) is 17.5 Å². The molecule has 0 aliphatic heterocycles. The molecule has 3 rings (SSSR count). The van der Waals surface area contributed by atoms with Crippen molar-refractivity contribution in [2.75, 3.05) is 6.54 Å². The number of carbonyl (C=O) groups excluding carboxylic acids is 2. The molecule has 0 atom stereocenters. The Balaban J connectivity index is 1.68. The van der Waals surface area contributed by atoms with E-state index in [0.717, 1.165) is 29.7 Å². The molecule has 1 aromatic carbocycles. The van der Waals surface area contributed by atoms with Gasteiger partial charge in [-0.2, -0.15) is 0 Å². The summed E-state index contributed by atoms with van der Waals surface area (Å²) in [5, 5.41) is 7.70. The van der Waals surface area contributed by atoms with Gasteiger partial charge in [0.2, 0.25) is 0 Å². The van der Waals surface area contributed by atoms with Gasteiger partial charge in [-0.3, -0.25) is 9.59 Å². The number of hydrogen-bond acceptors (Lipinski definition) is 3. The van der Waals surface area contributed by atoms with Crippen molar-refractivity contribution in [1.82, 2.24) is 10.6 Å². The molecule has 1 heterocycles. The van der Waals surface area contributed by atoms with Gasteiger partial charge in [-0.15, -0.1) is 11.3 Å². The van der Waals surface area contributed by atoms with Gasteiger partial charge >= 0.3 is 0 Å². The van der Waals surface area contributed by atoms with Gasteiger partial charge in [0.05, 0.1) is 0 Å². The largest absolute Gasteiger partial charge is 0.350 e. The molecule has 5 heteroatoms. The van der Waals surface area contributed by atoms with E-state index in [2.05, 4.69) is 16.7 Å². The van der Waals surface area contributed by atoms with Crippen LogP contribution in [0.1, 0.15) is 52.9 Å². The Morgan fingerprint density at radius 3 is 2.71 bits per heavy atom. The van der Waals surface area contributed by atoms with Crippen LogP contribution in [-0.2, 0) is 4.79 Å². The van der Waals surface area contributed by atoms with Gasteiger partial charge in [-0.1, -0.05) is 35.9 Å². The molecule has 0 fully saturated rings. The van der Waals surface area contributed by atoms with Crippen LogP contribution in [0.25, 0.3) is 6.08 Å². The first kappa shape index (κ1) is 20.1. The standard InChI is InChI=1S/C23H26N2O2S/c1-17-8-5-6-12-20(17)22(26)25-21(16-19-11-7-15-28-19)23(27)24-14-13-18-9-3-2-4-10-18/h5-9,11-12,15-16H,2-4,10,13-14H2,1H3,(H,24,27)(H,25,26)/b21-16-. The van der Waals surface area contributed by atoms with E-state index in [1.54, 1.807) is 12.1 Å². The predicted molar refractivity (Wildman–Crippen MR) is 115 cm³/mol. The molecule has 0 saturated heterocycles. The third-order valence-electron chi connectivity index (χ3n) is 4.83. The van der Waals surface area contributed by atoms with Crippen LogP contribution in [0.4, 0.5) is 0 Å². The maximum atomic E-state index is 12.8. The molecular weight excluding hydrogens is 368 g/mol. The predicted octanol–water partition coefficient (Wildman–Crippen LogP) is 4.83. The fraction of sp³-hybridized carbons (Fsp3) is 0.304. The van der Waals surface area contributed by atoms with Crippen molar-refractivity contribution in [2.45, 2.75) is 39.0 Å². The summed E-state index contributed by atoms with van der Waals surface area (Å²) < 4.78 is 0. The first-order valence-electron chi connectivity index (χ1n) is 9.72. The first-order chi connectivity index (χ1) is 13.6. The molecule has 0 radical (unpaired) electrons. The normalized spacial score (nSPS) is 14.3. The van der Waals surface area contributed by atoms with Gasteiger partial charge in [0.1, 0.15) is 5.70 Å². The molecular formula is C23H26N2O2S. The van der Waals surface area contributed by atoms with Crippen LogP contribution in [0.3, 0.4) is 0 Å². The highest BCUT2D eigenvalue weighted by atomic mass is 32.1. The van der Waals surface area contributed by atoms with Crippen molar-refractivity contribution in [3.05, 3.63) is 75.1 Å². The lowest BCUT2D eigenvalue weighted by atomic mass is 9.97. The lowest BCUT2D eigenvalue weighted by molar-refractivity contribution is -0.117. The summed E-state index contributed by atoms with van der Waals surface area (Å²) in [5.74, 6) is -0.530. The number of allylic oxidation sites excluding steroid dienone is 1.